The highest BCUT2D eigenvalue weighted by Gasteiger charge is 2.14. The lowest BCUT2D eigenvalue weighted by atomic mass is 10.1. The summed E-state index contributed by atoms with van der Waals surface area (Å²) in [6.07, 6.45) is 0.967. The normalized spacial score (nSPS) is 12.4. The van der Waals surface area contributed by atoms with Crippen LogP contribution >= 0.6 is 27.3 Å². The Morgan fingerprint density at radius 2 is 2.04 bits per heavy atom. The fourth-order valence-corrected chi connectivity index (χ4v) is 3.45. The first-order valence-electron chi connectivity index (χ1n) is 7.34. The van der Waals surface area contributed by atoms with Crippen LogP contribution in [-0.2, 0) is 4.79 Å². The summed E-state index contributed by atoms with van der Waals surface area (Å²) in [6.45, 7) is 1.70. The molecule has 4 nitrogen and oxygen atoms in total. The molecule has 122 valence electrons. The van der Waals surface area contributed by atoms with Crippen LogP contribution in [-0.4, -0.2) is 18.2 Å². The molecule has 3 rings (SSSR count). The molecule has 1 heterocycles. The van der Waals surface area contributed by atoms with Gasteiger partial charge >= 0.3 is 0 Å². The smallest absolute Gasteiger partial charge is 0.280 e. The number of benzene rings is 2. The Morgan fingerprint density at radius 1 is 1.25 bits per heavy atom. The Morgan fingerprint density at radius 3 is 2.79 bits per heavy atom. The molecule has 0 unspecified atom stereocenters. The van der Waals surface area contributed by atoms with Crippen LogP contribution in [0, 0.1) is 0 Å². The Labute approximate surface area is 152 Å². The van der Waals surface area contributed by atoms with Crippen LogP contribution in [0.3, 0.4) is 0 Å². The van der Waals surface area contributed by atoms with Crippen molar-refractivity contribution >= 4 is 50.2 Å². The number of fused-ring (bicyclic) bond motifs is 1. The van der Waals surface area contributed by atoms with E-state index in [9.17, 15) is 4.79 Å². The highest BCUT2D eigenvalue weighted by Crippen LogP contribution is 2.21. The third-order valence-corrected chi connectivity index (χ3v) is 4.99. The summed E-state index contributed by atoms with van der Waals surface area (Å²) >= 11 is 4.91. The van der Waals surface area contributed by atoms with E-state index in [2.05, 4.69) is 26.5 Å². The zero-order chi connectivity index (χ0) is 16.9. The van der Waals surface area contributed by atoms with Gasteiger partial charge in [0.2, 0.25) is 0 Å². The van der Waals surface area contributed by atoms with E-state index in [1.807, 2.05) is 53.9 Å². The fraction of sp³-hybridized carbons (Fsp3) is 0.111. The summed E-state index contributed by atoms with van der Waals surface area (Å²) in [7, 11) is 0. The number of hydrogen-bond donors (Lipinski definition) is 1. The number of carbonyl (C=O) groups excluding carboxylic acids is 1. The molecular formula is C18H15BrN2O2S. The SMILES string of the molecule is C[C@H](Oc1ccc2ccccc2c1)C(=O)N/N=C\c1cc(Br)cs1. The molecule has 0 saturated carbocycles. The summed E-state index contributed by atoms with van der Waals surface area (Å²) in [5.41, 5.74) is 2.49. The van der Waals surface area contributed by atoms with Crippen molar-refractivity contribution in [1.82, 2.24) is 5.43 Å². The molecule has 6 heteroatoms. The number of thiophene rings is 1. The number of carbonyl (C=O) groups is 1. The predicted molar refractivity (Wildman–Crippen MR) is 102 cm³/mol. The quantitative estimate of drug-likeness (QED) is 0.501. The van der Waals surface area contributed by atoms with Crippen molar-refractivity contribution in [1.29, 1.82) is 0 Å². The number of nitrogens with one attached hydrogen (secondary N) is 1. The number of ether oxygens (including phenoxy) is 1. The number of nitrogens with zero attached hydrogens (tertiary/aromatic N) is 1. The van der Waals surface area contributed by atoms with Crippen molar-refractivity contribution in [3.8, 4) is 5.75 Å². The summed E-state index contributed by atoms with van der Waals surface area (Å²) in [5, 5.41) is 8.11. The minimum atomic E-state index is -0.640. The van der Waals surface area contributed by atoms with Gasteiger partial charge in [-0.25, -0.2) is 5.43 Å². The minimum Gasteiger partial charge on any atom is -0.481 e. The lowest BCUT2D eigenvalue weighted by Crippen LogP contribution is -2.33. The van der Waals surface area contributed by atoms with Crippen LogP contribution < -0.4 is 10.2 Å². The standard InChI is InChI=1S/C18H15BrN2O2S/c1-12(18(22)21-20-10-17-9-15(19)11-24-17)23-16-7-6-13-4-2-3-5-14(13)8-16/h2-12H,1H3,(H,21,22)/b20-10-/t12-/m0/s1. The van der Waals surface area contributed by atoms with Crippen molar-refractivity contribution in [2.75, 3.05) is 0 Å². The monoisotopic (exact) mass is 402 g/mol. The van der Waals surface area contributed by atoms with Gasteiger partial charge in [-0.3, -0.25) is 4.79 Å². The first-order valence-corrected chi connectivity index (χ1v) is 9.01. The Bertz CT molecular complexity index is 891. The van der Waals surface area contributed by atoms with E-state index < -0.39 is 6.10 Å². The van der Waals surface area contributed by atoms with Gasteiger partial charge < -0.3 is 4.74 Å². The highest BCUT2D eigenvalue weighted by molar-refractivity contribution is 9.10. The summed E-state index contributed by atoms with van der Waals surface area (Å²) in [5.74, 6) is 0.359. The Kier molecular flexibility index (Phi) is 5.27. The summed E-state index contributed by atoms with van der Waals surface area (Å²) in [4.78, 5) is 13.0. The predicted octanol–water partition coefficient (Wildman–Crippen LogP) is 4.58. The van der Waals surface area contributed by atoms with Gasteiger partial charge in [0.1, 0.15) is 5.75 Å². The third-order valence-electron chi connectivity index (χ3n) is 3.36. The average Bonchev–Trinajstić information content (AvgIpc) is 3.00. The first kappa shape index (κ1) is 16.7. The van der Waals surface area contributed by atoms with Gasteiger partial charge in [-0.05, 0) is 51.8 Å². The molecule has 0 saturated heterocycles. The molecule has 2 aromatic carbocycles. The van der Waals surface area contributed by atoms with Gasteiger partial charge in [-0.1, -0.05) is 30.3 Å². The highest BCUT2D eigenvalue weighted by atomic mass is 79.9. The largest absolute Gasteiger partial charge is 0.481 e. The second kappa shape index (κ2) is 7.59. The molecule has 0 spiro atoms. The molecule has 3 aromatic rings. The topological polar surface area (TPSA) is 50.7 Å². The van der Waals surface area contributed by atoms with E-state index in [1.54, 1.807) is 13.1 Å². The molecule has 0 fully saturated rings. The van der Waals surface area contributed by atoms with E-state index >= 15 is 0 Å². The van der Waals surface area contributed by atoms with Crippen LogP contribution in [0.25, 0.3) is 10.8 Å². The number of hydrogen-bond acceptors (Lipinski definition) is 4. The zero-order valence-corrected chi connectivity index (χ0v) is 15.3. The lowest BCUT2D eigenvalue weighted by molar-refractivity contribution is -0.127. The molecule has 1 aromatic heterocycles. The van der Waals surface area contributed by atoms with Crippen LogP contribution in [0.1, 0.15) is 11.8 Å². The average molecular weight is 403 g/mol. The van der Waals surface area contributed by atoms with Gasteiger partial charge in [-0.15, -0.1) is 11.3 Å². The molecule has 0 aliphatic rings. The van der Waals surface area contributed by atoms with Crippen LogP contribution in [0.5, 0.6) is 5.75 Å². The second-order valence-electron chi connectivity index (χ2n) is 5.17. The third kappa shape index (κ3) is 4.21. The van der Waals surface area contributed by atoms with Gasteiger partial charge in [0.05, 0.1) is 6.21 Å². The van der Waals surface area contributed by atoms with Crippen LogP contribution in [0.2, 0.25) is 0 Å². The first-order chi connectivity index (χ1) is 11.6. The van der Waals surface area contributed by atoms with Gasteiger partial charge in [0.25, 0.3) is 5.91 Å². The van der Waals surface area contributed by atoms with E-state index in [1.165, 1.54) is 11.3 Å². The van der Waals surface area contributed by atoms with Crippen LogP contribution in [0.4, 0.5) is 0 Å². The van der Waals surface area contributed by atoms with E-state index in [-0.39, 0.29) is 5.91 Å². The number of halogens is 1. The van der Waals surface area contributed by atoms with Gasteiger partial charge in [0, 0.05) is 14.7 Å². The molecule has 0 aliphatic heterocycles. The maximum atomic E-state index is 12.1. The molecule has 1 N–H and O–H groups in total. The minimum absolute atomic E-state index is 0.296. The summed E-state index contributed by atoms with van der Waals surface area (Å²) in [6, 6.07) is 15.7. The summed E-state index contributed by atoms with van der Waals surface area (Å²) < 4.78 is 6.69. The van der Waals surface area contributed by atoms with E-state index in [0.29, 0.717) is 5.75 Å². The number of hydrazone groups is 1. The van der Waals surface area contributed by atoms with Crippen LogP contribution in [0.15, 0.2) is 63.5 Å². The van der Waals surface area contributed by atoms with Crippen molar-refractivity contribution in [2.45, 2.75) is 13.0 Å². The molecule has 0 bridgehead atoms. The zero-order valence-electron chi connectivity index (χ0n) is 12.9. The van der Waals surface area contributed by atoms with E-state index in [4.69, 9.17) is 4.74 Å². The number of amides is 1. The number of rotatable bonds is 5. The molecule has 1 amide bonds. The second-order valence-corrected chi connectivity index (χ2v) is 7.03. The maximum absolute atomic E-state index is 12.1. The Balaban J connectivity index is 1.59. The molecule has 24 heavy (non-hydrogen) atoms. The molecule has 0 radical (unpaired) electrons. The maximum Gasteiger partial charge on any atom is 0.280 e. The fourth-order valence-electron chi connectivity index (χ4n) is 2.14. The van der Waals surface area contributed by atoms with Gasteiger partial charge in [-0.2, -0.15) is 5.10 Å². The molecular weight excluding hydrogens is 388 g/mol. The molecule has 0 aliphatic carbocycles. The lowest BCUT2D eigenvalue weighted by Gasteiger charge is -2.13. The van der Waals surface area contributed by atoms with Crippen molar-refractivity contribution in [2.24, 2.45) is 5.10 Å². The Hall–Kier alpha value is -2.18. The van der Waals surface area contributed by atoms with E-state index in [0.717, 1.165) is 20.1 Å². The van der Waals surface area contributed by atoms with Crippen molar-refractivity contribution in [3.05, 3.63) is 63.3 Å². The van der Waals surface area contributed by atoms with Crippen molar-refractivity contribution in [3.63, 3.8) is 0 Å². The van der Waals surface area contributed by atoms with Gasteiger partial charge in [0.15, 0.2) is 6.10 Å². The molecule has 1 atom stereocenters. The van der Waals surface area contributed by atoms with Crippen molar-refractivity contribution < 1.29 is 9.53 Å².